The van der Waals surface area contributed by atoms with Gasteiger partial charge in [0.15, 0.2) is 0 Å². The van der Waals surface area contributed by atoms with Gasteiger partial charge >= 0.3 is 0 Å². The van der Waals surface area contributed by atoms with Crippen molar-refractivity contribution < 1.29 is 0 Å². The lowest BCUT2D eigenvalue weighted by Gasteiger charge is -2.44. The molecule has 0 saturated carbocycles. The largest absolute Gasteiger partial charge is 0.299 e. The molecular formula is C30H48N2. The molecule has 1 aromatic rings. The van der Waals surface area contributed by atoms with Crippen LogP contribution >= 0.6 is 0 Å². The van der Waals surface area contributed by atoms with Crippen molar-refractivity contribution in [2.45, 2.75) is 90.5 Å². The van der Waals surface area contributed by atoms with Gasteiger partial charge in [-0.3, -0.25) is 9.80 Å². The average molecular weight is 437 g/mol. The summed E-state index contributed by atoms with van der Waals surface area (Å²) in [5, 5.41) is 0. The van der Waals surface area contributed by atoms with Gasteiger partial charge in [0.2, 0.25) is 0 Å². The van der Waals surface area contributed by atoms with Crippen molar-refractivity contribution in [3.05, 3.63) is 47.5 Å². The molecule has 0 radical (unpaired) electrons. The number of fused-ring (bicyclic) bond motifs is 4. The molecule has 0 N–H and O–H groups in total. The van der Waals surface area contributed by atoms with Crippen LogP contribution in [0.25, 0.3) is 0 Å². The summed E-state index contributed by atoms with van der Waals surface area (Å²) in [6, 6.07) is 11.1. The lowest BCUT2D eigenvalue weighted by atomic mass is 9.73. The number of hydrogen-bond acceptors (Lipinski definition) is 2. The zero-order valence-electron chi connectivity index (χ0n) is 20.8. The molecule has 0 spiro atoms. The van der Waals surface area contributed by atoms with Crippen molar-refractivity contribution in [2.24, 2.45) is 17.8 Å². The van der Waals surface area contributed by atoms with Crippen molar-refractivity contribution in [3.8, 4) is 0 Å². The molecule has 0 aliphatic carbocycles. The molecule has 178 valence electrons. The van der Waals surface area contributed by atoms with Crippen molar-refractivity contribution >= 4 is 0 Å². The van der Waals surface area contributed by atoms with E-state index >= 15 is 0 Å². The maximum Gasteiger partial charge on any atom is 0.0233 e. The van der Waals surface area contributed by atoms with Gasteiger partial charge in [-0.1, -0.05) is 99.8 Å². The maximum absolute atomic E-state index is 2.80. The number of hydrogen-bond donors (Lipinski definition) is 0. The Kier molecular flexibility index (Phi) is 9.72. The van der Waals surface area contributed by atoms with E-state index in [0.717, 1.165) is 24.3 Å². The van der Waals surface area contributed by atoms with Gasteiger partial charge in [0, 0.05) is 26.2 Å². The van der Waals surface area contributed by atoms with E-state index in [1.54, 1.807) is 5.57 Å². The van der Waals surface area contributed by atoms with Crippen LogP contribution in [0.1, 0.15) is 89.5 Å². The Balaban J connectivity index is 1.42. The first-order valence-corrected chi connectivity index (χ1v) is 13.9. The molecule has 0 amide bonds. The topological polar surface area (TPSA) is 6.48 Å². The lowest BCUT2D eigenvalue weighted by Crippen LogP contribution is -2.46. The summed E-state index contributed by atoms with van der Waals surface area (Å²) in [5.41, 5.74) is 3.11. The molecule has 4 atom stereocenters. The first-order chi connectivity index (χ1) is 15.8. The van der Waals surface area contributed by atoms with E-state index in [4.69, 9.17) is 0 Å². The zero-order valence-corrected chi connectivity index (χ0v) is 20.8. The highest BCUT2D eigenvalue weighted by atomic mass is 15.1. The van der Waals surface area contributed by atoms with Crippen molar-refractivity contribution in [2.75, 3.05) is 32.7 Å². The van der Waals surface area contributed by atoms with Gasteiger partial charge in [-0.15, -0.1) is 0 Å². The predicted molar refractivity (Wildman–Crippen MR) is 138 cm³/mol. The molecule has 3 aliphatic heterocycles. The standard InChI is InChI=1S/C30H48N2/c1-26-21-29-25-31(22-26)19-14-9-7-5-3-2-4-6-8-13-17-28-24-32(20-18-30(28)29)23-27-15-11-10-12-16-27/h10-12,15-16,21,28-30H,2-9,13-14,17-20,22-25H2,1H3/t28-,29-,30-/m1/s1. The van der Waals surface area contributed by atoms with E-state index in [9.17, 15) is 0 Å². The third-order valence-corrected chi connectivity index (χ3v) is 8.42. The average Bonchev–Trinajstić information content (AvgIpc) is 2.80. The molecule has 2 bridgehead atoms. The molecule has 2 fully saturated rings. The van der Waals surface area contributed by atoms with E-state index in [-0.39, 0.29) is 0 Å². The van der Waals surface area contributed by atoms with Gasteiger partial charge in [0.1, 0.15) is 0 Å². The van der Waals surface area contributed by atoms with Crippen LogP contribution in [0.2, 0.25) is 0 Å². The Morgan fingerprint density at radius 2 is 1.44 bits per heavy atom. The molecule has 4 rings (SSSR count). The smallest absolute Gasteiger partial charge is 0.0233 e. The minimum Gasteiger partial charge on any atom is -0.299 e. The minimum atomic E-state index is 0.781. The molecule has 3 aliphatic rings. The molecule has 2 heteroatoms. The van der Waals surface area contributed by atoms with Gasteiger partial charge in [0.25, 0.3) is 0 Å². The first-order valence-electron chi connectivity index (χ1n) is 13.9. The monoisotopic (exact) mass is 436 g/mol. The summed E-state index contributed by atoms with van der Waals surface area (Å²) < 4.78 is 0. The van der Waals surface area contributed by atoms with E-state index in [0.29, 0.717) is 0 Å². The molecule has 2 nitrogen and oxygen atoms in total. The molecular weight excluding hydrogens is 388 g/mol. The van der Waals surface area contributed by atoms with Crippen LogP contribution in [0.15, 0.2) is 42.0 Å². The molecule has 1 aromatic carbocycles. The van der Waals surface area contributed by atoms with Crippen LogP contribution in [-0.2, 0) is 6.54 Å². The Hall–Kier alpha value is -1.12. The molecule has 2 saturated heterocycles. The third-order valence-electron chi connectivity index (χ3n) is 8.42. The fourth-order valence-corrected chi connectivity index (χ4v) is 6.75. The van der Waals surface area contributed by atoms with Gasteiger partial charge < -0.3 is 0 Å². The molecule has 0 aromatic heterocycles. The van der Waals surface area contributed by atoms with E-state index in [2.05, 4.69) is 53.1 Å². The Labute approximate surface area is 198 Å². The van der Waals surface area contributed by atoms with E-state index < -0.39 is 0 Å². The summed E-state index contributed by atoms with van der Waals surface area (Å²) in [7, 11) is 0. The van der Waals surface area contributed by atoms with Crippen LogP contribution in [0.3, 0.4) is 0 Å². The summed E-state index contributed by atoms with van der Waals surface area (Å²) in [6.07, 6.45) is 20.0. The summed E-state index contributed by atoms with van der Waals surface area (Å²) in [6.45, 7) is 9.96. The lowest BCUT2D eigenvalue weighted by molar-refractivity contribution is 0.0663. The van der Waals surface area contributed by atoms with Gasteiger partial charge in [-0.2, -0.15) is 0 Å². The van der Waals surface area contributed by atoms with E-state index in [1.165, 1.54) is 115 Å². The fraction of sp³-hybridized carbons (Fsp3) is 0.733. The second-order valence-electron chi connectivity index (χ2n) is 11.2. The Morgan fingerprint density at radius 1 is 0.750 bits per heavy atom. The molecule has 1 unspecified atom stereocenters. The Morgan fingerprint density at radius 3 is 2.19 bits per heavy atom. The highest BCUT2D eigenvalue weighted by Gasteiger charge is 2.35. The number of benzene rings is 1. The third kappa shape index (κ3) is 7.45. The van der Waals surface area contributed by atoms with Crippen LogP contribution < -0.4 is 0 Å². The van der Waals surface area contributed by atoms with E-state index in [1.807, 2.05) is 0 Å². The van der Waals surface area contributed by atoms with Crippen molar-refractivity contribution in [1.29, 1.82) is 0 Å². The van der Waals surface area contributed by atoms with Crippen LogP contribution in [0.5, 0.6) is 0 Å². The SMILES string of the molecule is CC1=C[C@@H]2CN(CCCCCCCCCCCC[C@@H]3CN(Cc4ccccc4)CC[C@H]32)C1. The van der Waals surface area contributed by atoms with Crippen LogP contribution in [0.4, 0.5) is 0 Å². The van der Waals surface area contributed by atoms with Crippen molar-refractivity contribution in [1.82, 2.24) is 9.80 Å². The summed E-state index contributed by atoms with van der Waals surface area (Å²) >= 11 is 0. The summed E-state index contributed by atoms with van der Waals surface area (Å²) in [5.74, 6) is 2.54. The number of piperidine rings is 1. The second-order valence-corrected chi connectivity index (χ2v) is 11.2. The van der Waals surface area contributed by atoms with Gasteiger partial charge in [-0.25, -0.2) is 0 Å². The van der Waals surface area contributed by atoms with Gasteiger partial charge in [0.05, 0.1) is 0 Å². The highest BCUT2D eigenvalue weighted by Crippen LogP contribution is 2.37. The summed E-state index contributed by atoms with van der Waals surface area (Å²) in [4.78, 5) is 5.56. The van der Waals surface area contributed by atoms with Crippen molar-refractivity contribution in [3.63, 3.8) is 0 Å². The second kappa shape index (κ2) is 12.9. The maximum atomic E-state index is 2.80. The molecule has 32 heavy (non-hydrogen) atoms. The van der Waals surface area contributed by atoms with Gasteiger partial charge in [-0.05, 0) is 62.6 Å². The Bertz CT molecular complexity index is 681. The molecule has 3 heterocycles. The highest BCUT2D eigenvalue weighted by molar-refractivity contribution is 5.15. The fourth-order valence-electron chi connectivity index (χ4n) is 6.75. The number of nitrogens with zero attached hydrogens (tertiary/aromatic N) is 2. The van der Waals surface area contributed by atoms with Crippen LogP contribution in [-0.4, -0.2) is 42.5 Å². The zero-order chi connectivity index (χ0) is 22.0. The number of likely N-dealkylation sites (tertiary alicyclic amines) is 1. The number of rotatable bonds is 2. The first kappa shape index (κ1) is 24.0. The normalized spacial score (nSPS) is 31.8. The predicted octanol–water partition coefficient (Wildman–Crippen LogP) is 7.31. The quantitative estimate of drug-likeness (QED) is 0.448. The minimum absolute atomic E-state index is 0.781. The van der Waals surface area contributed by atoms with Crippen LogP contribution in [0, 0.1) is 17.8 Å².